The summed E-state index contributed by atoms with van der Waals surface area (Å²) in [5, 5.41) is 0. The molecule has 0 N–H and O–H groups in total. The Hall–Kier alpha value is -1.30. The van der Waals surface area contributed by atoms with Crippen molar-refractivity contribution in [3.8, 4) is 0 Å². The van der Waals surface area contributed by atoms with Crippen LogP contribution in [0.4, 0.5) is 0 Å². The lowest BCUT2D eigenvalue weighted by atomic mass is 9.77. The van der Waals surface area contributed by atoms with Crippen molar-refractivity contribution in [2.75, 3.05) is 0 Å². The Labute approximate surface area is 186 Å². The molecule has 0 aliphatic heterocycles. The van der Waals surface area contributed by atoms with Crippen LogP contribution in [0.5, 0.6) is 0 Å². The zero-order chi connectivity index (χ0) is 20.8. The van der Waals surface area contributed by atoms with E-state index in [1.165, 1.54) is 82.6 Å². The second-order valence-electron chi connectivity index (χ2n) is 11.0. The van der Waals surface area contributed by atoms with Gasteiger partial charge in [0, 0.05) is 0 Å². The van der Waals surface area contributed by atoms with Gasteiger partial charge in [-0.2, -0.15) is 0 Å². The molecule has 3 aliphatic carbocycles. The molecule has 3 fully saturated rings. The third kappa shape index (κ3) is 6.35. The lowest BCUT2D eigenvalue weighted by Crippen LogP contribution is -2.14. The summed E-state index contributed by atoms with van der Waals surface area (Å²) in [6, 6.07) is 9.28. The monoisotopic (exact) mass is 404 g/mol. The van der Waals surface area contributed by atoms with Gasteiger partial charge in [0.1, 0.15) is 0 Å². The number of hydrogen-bond donors (Lipinski definition) is 0. The Bertz CT molecular complexity index is 669. The molecule has 0 saturated heterocycles. The maximum absolute atomic E-state index is 2.61. The minimum atomic E-state index is 0.796. The van der Waals surface area contributed by atoms with Crippen LogP contribution in [0.2, 0.25) is 0 Å². The second kappa shape index (κ2) is 10.8. The summed E-state index contributed by atoms with van der Waals surface area (Å²) < 4.78 is 0. The van der Waals surface area contributed by atoms with Gasteiger partial charge >= 0.3 is 0 Å². The molecule has 164 valence electrons. The Morgan fingerprint density at radius 3 is 1.33 bits per heavy atom. The molecular formula is C30H44. The minimum absolute atomic E-state index is 0.796. The highest BCUT2D eigenvalue weighted by Crippen LogP contribution is 2.38. The van der Waals surface area contributed by atoms with E-state index in [2.05, 4.69) is 62.4 Å². The molecule has 0 bridgehead atoms. The normalized spacial score (nSPS) is 35.8. The molecule has 1 aromatic carbocycles. The highest BCUT2D eigenvalue weighted by Gasteiger charge is 2.22. The summed E-state index contributed by atoms with van der Waals surface area (Å²) in [6.45, 7) is 4.61. The zero-order valence-corrected chi connectivity index (χ0v) is 19.6. The summed E-state index contributed by atoms with van der Waals surface area (Å²) >= 11 is 0. The Kier molecular flexibility index (Phi) is 7.91. The fraction of sp³-hybridized carbons (Fsp3) is 0.667. The second-order valence-corrected chi connectivity index (χ2v) is 11.0. The van der Waals surface area contributed by atoms with E-state index in [1.807, 2.05) is 0 Å². The quantitative estimate of drug-likeness (QED) is 0.429. The lowest BCUT2D eigenvalue weighted by Gasteiger charge is -2.29. The highest BCUT2D eigenvalue weighted by atomic mass is 14.3. The van der Waals surface area contributed by atoms with E-state index in [-0.39, 0.29) is 0 Å². The van der Waals surface area contributed by atoms with Crippen molar-refractivity contribution in [2.24, 2.45) is 29.6 Å². The molecule has 0 heteroatoms. The van der Waals surface area contributed by atoms with Gasteiger partial charge in [-0.1, -0.05) is 73.9 Å². The smallest absolute Gasteiger partial charge is 0.0162 e. The molecule has 1 aromatic rings. The molecule has 3 saturated carbocycles. The van der Waals surface area contributed by atoms with Crippen LogP contribution in [0.1, 0.15) is 101 Å². The summed E-state index contributed by atoms with van der Waals surface area (Å²) in [4.78, 5) is 0. The SMILES string of the molecule is Cc1ccc(C2CCC(/C=C/C3CCC(/C=C/C4CCC(C)CC4)CC3)CC2)cc1. The van der Waals surface area contributed by atoms with E-state index >= 15 is 0 Å². The summed E-state index contributed by atoms with van der Waals surface area (Å²) in [6.07, 6.45) is 27.3. The van der Waals surface area contributed by atoms with Crippen LogP contribution < -0.4 is 0 Å². The third-order valence-corrected chi connectivity index (χ3v) is 8.51. The summed E-state index contributed by atoms with van der Waals surface area (Å²) in [7, 11) is 0. The topological polar surface area (TPSA) is 0 Å². The van der Waals surface area contributed by atoms with Gasteiger partial charge in [0.05, 0.1) is 0 Å². The van der Waals surface area contributed by atoms with Crippen molar-refractivity contribution in [2.45, 2.75) is 96.8 Å². The molecule has 0 heterocycles. The van der Waals surface area contributed by atoms with E-state index in [9.17, 15) is 0 Å². The van der Waals surface area contributed by atoms with Gasteiger partial charge in [0.15, 0.2) is 0 Å². The predicted octanol–water partition coefficient (Wildman–Crippen LogP) is 9.01. The van der Waals surface area contributed by atoms with Crippen molar-refractivity contribution < 1.29 is 0 Å². The van der Waals surface area contributed by atoms with Gasteiger partial charge < -0.3 is 0 Å². The highest BCUT2D eigenvalue weighted by molar-refractivity contribution is 5.25. The van der Waals surface area contributed by atoms with Crippen molar-refractivity contribution in [3.63, 3.8) is 0 Å². The van der Waals surface area contributed by atoms with Crippen molar-refractivity contribution in [1.82, 2.24) is 0 Å². The summed E-state index contributed by atoms with van der Waals surface area (Å²) in [5.74, 6) is 5.19. The molecule has 4 rings (SSSR count). The van der Waals surface area contributed by atoms with Crippen LogP contribution in [0, 0.1) is 36.5 Å². The van der Waals surface area contributed by atoms with Crippen LogP contribution in [-0.4, -0.2) is 0 Å². The number of benzene rings is 1. The van der Waals surface area contributed by atoms with Crippen molar-refractivity contribution in [1.29, 1.82) is 0 Å². The van der Waals surface area contributed by atoms with Crippen LogP contribution in [0.15, 0.2) is 48.6 Å². The molecular weight excluding hydrogens is 360 g/mol. The van der Waals surface area contributed by atoms with E-state index < -0.39 is 0 Å². The van der Waals surface area contributed by atoms with Gasteiger partial charge in [-0.3, -0.25) is 0 Å². The average molecular weight is 405 g/mol. The van der Waals surface area contributed by atoms with E-state index in [0.717, 1.165) is 35.5 Å². The summed E-state index contributed by atoms with van der Waals surface area (Å²) in [5.41, 5.74) is 2.95. The van der Waals surface area contributed by atoms with E-state index in [1.54, 1.807) is 5.56 Å². The Morgan fingerprint density at radius 1 is 0.533 bits per heavy atom. The van der Waals surface area contributed by atoms with Crippen LogP contribution in [0.3, 0.4) is 0 Å². The molecule has 0 amide bonds. The first kappa shape index (κ1) is 21.9. The molecule has 0 radical (unpaired) electrons. The molecule has 3 aliphatic rings. The molecule has 0 spiro atoms. The number of hydrogen-bond acceptors (Lipinski definition) is 0. The average Bonchev–Trinajstić information content (AvgIpc) is 2.79. The van der Waals surface area contributed by atoms with Crippen LogP contribution >= 0.6 is 0 Å². The maximum atomic E-state index is 2.61. The molecule has 0 unspecified atom stereocenters. The third-order valence-electron chi connectivity index (χ3n) is 8.51. The van der Waals surface area contributed by atoms with Gasteiger partial charge in [0.25, 0.3) is 0 Å². The maximum Gasteiger partial charge on any atom is -0.0162 e. The molecule has 0 aromatic heterocycles. The Morgan fingerprint density at radius 2 is 0.900 bits per heavy atom. The van der Waals surface area contributed by atoms with Gasteiger partial charge in [-0.15, -0.1) is 0 Å². The fourth-order valence-electron chi connectivity index (χ4n) is 6.12. The largest absolute Gasteiger partial charge is 0.0851 e. The van der Waals surface area contributed by atoms with Crippen molar-refractivity contribution in [3.05, 3.63) is 59.7 Å². The number of aryl methyl sites for hydroxylation is 1. The molecule has 30 heavy (non-hydrogen) atoms. The van der Waals surface area contributed by atoms with Gasteiger partial charge in [-0.05, 0) is 112 Å². The van der Waals surface area contributed by atoms with Gasteiger partial charge in [0.2, 0.25) is 0 Å². The first-order valence-electron chi connectivity index (χ1n) is 13.1. The van der Waals surface area contributed by atoms with Crippen LogP contribution in [0.25, 0.3) is 0 Å². The van der Waals surface area contributed by atoms with E-state index in [0.29, 0.717) is 0 Å². The fourth-order valence-corrected chi connectivity index (χ4v) is 6.12. The number of allylic oxidation sites excluding steroid dienone is 4. The first-order valence-corrected chi connectivity index (χ1v) is 13.1. The van der Waals surface area contributed by atoms with E-state index in [4.69, 9.17) is 0 Å². The van der Waals surface area contributed by atoms with Crippen LogP contribution in [-0.2, 0) is 0 Å². The number of rotatable bonds is 5. The zero-order valence-electron chi connectivity index (χ0n) is 19.6. The molecule has 0 nitrogen and oxygen atoms in total. The van der Waals surface area contributed by atoms with Gasteiger partial charge in [-0.25, -0.2) is 0 Å². The Balaban J connectivity index is 1.15. The van der Waals surface area contributed by atoms with Crippen molar-refractivity contribution >= 4 is 0 Å². The lowest BCUT2D eigenvalue weighted by molar-refractivity contribution is 0.324. The standard InChI is InChI=1S/C30H44/c1-23-3-7-25(8-4-23)9-10-26-11-13-27(14-12-26)15-16-28-17-21-30(22-18-28)29-19-5-24(2)6-20-29/h5-6,9-10,15-16,19-20,23,25-28,30H,3-4,7-8,11-14,17-18,21-22H2,1-2H3/b10-9+,16-15+. The molecule has 0 atom stereocenters. The first-order chi connectivity index (χ1) is 14.7. The minimum Gasteiger partial charge on any atom is -0.0851 e. The predicted molar refractivity (Wildman–Crippen MR) is 131 cm³/mol.